The SMILES string of the molecule is c1ccc(-c2nc(-c3ccccc3)nc(-c3ccc(-c4cccc5c4c4sc6c7ccccc7nc(-c7ccccc7)c6c4n5-c4ccccc4)cc3)n2)cc1. The number of thiophene rings is 1. The Morgan fingerprint density at radius 1 is 0.375 bits per heavy atom. The van der Waals surface area contributed by atoms with Crippen LogP contribution in [0.5, 0.6) is 0 Å². The lowest BCUT2D eigenvalue weighted by Crippen LogP contribution is -2.00. The topological polar surface area (TPSA) is 56.5 Å². The number of para-hydroxylation sites is 2. The average Bonchev–Trinajstić information content (AvgIpc) is 3.83. The minimum absolute atomic E-state index is 0.636. The maximum Gasteiger partial charge on any atom is 0.164 e. The van der Waals surface area contributed by atoms with Crippen molar-refractivity contribution in [3.8, 4) is 62.2 Å². The van der Waals surface area contributed by atoms with Crippen LogP contribution in [0.3, 0.4) is 0 Å². The highest BCUT2D eigenvalue weighted by Gasteiger charge is 2.25. The van der Waals surface area contributed by atoms with Crippen LogP contribution in [-0.2, 0) is 0 Å². The van der Waals surface area contributed by atoms with Crippen molar-refractivity contribution in [2.75, 3.05) is 0 Å². The van der Waals surface area contributed by atoms with Gasteiger partial charge in [0.05, 0.1) is 26.9 Å². The predicted molar refractivity (Wildman–Crippen MR) is 232 cm³/mol. The third-order valence-corrected chi connectivity index (χ3v) is 11.7. The molecule has 0 unspecified atom stereocenters. The average molecular weight is 734 g/mol. The van der Waals surface area contributed by atoms with Crippen LogP contribution in [0, 0.1) is 0 Å². The van der Waals surface area contributed by atoms with Crippen LogP contribution < -0.4 is 0 Å². The molecule has 0 spiro atoms. The summed E-state index contributed by atoms with van der Waals surface area (Å²) < 4.78 is 4.92. The Hall–Kier alpha value is -7.28. The molecule has 56 heavy (non-hydrogen) atoms. The molecule has 0 aliphatic carbocycles. The summed E-state index contributed by atoms with van der Waals surface area (Å²) in [5, 5.41) is 3.57. The highest BCUT2D eigenvalue weighted by molar-refractivity contribution is 7.27. The van der Waals surface area contributed by atoms with Gasteiger partial charge in [0.1, 0.15) is 0 Å². The first-order valence-electron chi connectivity index (χ1n) is 18.7. The molecule has 5 nitrogen and oxygen atoms in total. The van der Waals surface area contributed by atoms with Crippen LogP contribution in [0.1, 0.15) is 0 Å². The number of aromatic nitrogens is 5. The maximum absolute atomic E-state index is 5.35. The standard InChI is InChI=1S/C50H31N5S/c1-5-16-33(17-6-1)44-43-45-47(56-46(43)39-24-13-14-26-40(39)51-44)42-38(25-15-27-41(42)55(45)37-22-11-4-12-23-37)32-28-30-36(31-29-32)50-53-48(34-18-7-2-8-19-34)52-49(54-50)35-20-9-3-10-21-35/h1-31H. The van der Waals surface area contributed by atoms with Gasteiger partial charge in [-0.3, -0.25) is 0 Å². The number of nitrogens with zero attached hydrogens (tertiary/aromatic N) is 5. The molecule has 0 N–H and O–H groups in total. The summed E-state index contributed by atoms with van der Waals surface area (Å²) >= 11 is 1.87. The van der Waals surface area contributed by atoms with Gasteiger partial charge >= 0.3 is 0 Å². The van der Waals surface area contributed by atoms with Crippen molar-refractivity contribution in [2.24, 2.45) is 0 Å². The molecule has 4 heterocycles. The van der Waals surface area contributed by atoms with Crippen molar-refractivity contribution in [3.63, 3.8) is 0 Å². The number of hydrogen-bond donors (Lipinski definition) is 0. The molecule has 0 amide bonds. The molecule has 0 bridgehead atoms. The summed E-state index contributed by atoms with van der Waals surface area (Å²) in [6.07, 6.45) is 0. The van der Waals surface area contributed by atoms with Gasteiger partial charge < -0.3 is 4.57 Å². The van der Waals surface area contributed by atoms with E-state index in [4.69, 9.17) is 19.9 Å². The summed E-state index contributed by atoms with van der Waals surface area (Å²) in [5.74, 6) is 1.93. The molecule has 262 valence electrons. The zero-order valence-corrected chi connectivity index (χ0v) is 30.9. The fourth-order valence-corrected chi connectivity index (χ4v) is 9.26. The molecule has 0 saturated carbocycles. The molecule has 0 aliphatic rings. The normalized spacial score (nSPS) is 11.6. The molecular weight excluding hydrogens is 703 g/mol. The zero-order chi connectivity index (χ0) is 37.0. The lowest BCUT2D eigenvalue weighted by atomic mass is 10.00. The quantitative estimate of drug-likeness (QED) is 0.171. The number of benzene rings is 7. The maximum atomic E-state index is 5.35. The fraction of sp³-hybridized carbons (Fsp3) is 0. The molecule has 0 radical (unpaired) electrons. The molecule has 0 atom stereocenters. The molecule has 0 fully saturated rings. The van der Waals surface area contributed by atoms with E-state index in [2.05, 4.69) is 132 Å². The number of pyridine rings is 1. The summed E-state index contributed by atoms with van der Waals surface area (Å²) in [7, 11) is 0. The van der Waals surface area contributed by atoms with Crippen LogP contribution in [0.15, 0.2) is 188 Å². The van der Waals surface area contributed by atoms with Gasteiger partial charge in [0, 0.05) is 48.8 Å². The molecule has 7 aromatic carbocycles. The Morgan fingerprint density at radius 3 is 1.52 bits per heavy atom. The van der Waals surface area contributed by atoms with E-state index in [9.17, 15) is 0 Å². The van der Waals surface area contributed by atoms with Crippen molar-refractivity contribution >= 4 is 53.4 Å². The van der Waals surface area contributed by atoms with Crippen molar-refractivity contribution in [3.05, 3.63) is 188 Å². The van der Waals surface area contributed by atoms with Gasteiger partial charge in [0.25, 0.3) is 0 Å². The van der Waals surface area contributed by atoms with Gasteiger partial charge in [0.15, 0.2) is 17.5 Å². The van der Waals surface area contributed by atoms with Crippen molar-refractivity contribution in [2.45, 2.75) is 0 Å². The Morgan fingerprint density at radius 2 is 0.893 bits per heavy atom. The van der Waals surface area contributed by atoms with Gasteiger partial charge in [-0.1, -0.05) is 164 Å². The van der Waals surface area contributed by atoms with Gasteiger partial charge in [-0.15, -0.1) is 11.3 Å². The smallest absolute Gasteiger partial charge is 0.164 e. The van der Waals surface area contributed by atoms with E-state index in [1.54, 1.807) is 0 Å². The lowest BCUT2D eigenvalue weighted by Gasteiger charge is -2.12. The first-order valence-corrected chi connectivity index (χ1v) is 19.5. The minimum Gasteiger partial charge on any atom is -0.308 e. The monoisotopic (exact) mass is 733 g/mol. The minimum atomic E-state index is 0.636. The van der Waals surface area contributed by atoms with Crippen LogP contribution >= 0.6 is 11.3 Å². The van der Waals surface area contributed by atoms with Gasteiger partial charge in [-0.05, 0) is 35.4 Å². The van der Waals surface area contributed by atoms with E-state index in [1.165, 1.54) is 36.6 Å². The Bertz CT molecular complexity index is 3150. The second-order valence-corrected chi connectivity index (χ2v) is 14.8. The third kappa shape index (κ3) is 5.30. The van der Waals surface area contributed by atoms with Crippen molar-refractivity contribution < 1.29 is 0 Å². The zero-order valence-electron chi connectivity index (χ0n) is 30.0. The van der Waals surface area contributed by atoms with Gasteiger partial charge in [-0.2, -0.15) is 0 Å². The molecule has 6 heteroatoms. The third-order valence-electron chi connectivity index (χ3n) is 10.4. The molecular formula is C50H31N5S. The number of hydrogen-bond acceptors (Lipinski definition) is 5. The molecule has 0 saturated heterocycles. The van der Waals surface area contributed by atoms with E-state index in [0.29, 0.717) is 17.5 Å². The molecule has 0 aliphatic heterocycles. The summed E-state index contributed by atoms with van der Waals surface area (Å²) in [6, 6.07) is 65.3. The number of rotatable bonds is 6. The first kappa shape index (κ1) is 32.2. The molecule has 4 aromatic heterocycles. The van der Waals surface area contributed by atoms with Crippen LogP contribution in [0.2, 0.25) is 0 Å². The van der Waals surface area contributed by atoms with E-state index in [0.717, 1.165) is 50.2 Å². The summed E-state index contributed by atoms with van der Waals surface area (Å²) in [5.41, 5.74) is 11.7. The first-order chi connectivity index (χ1) is 27.8. The fourth-order valence-electron chi connectivity index (χ4n) is 7.87. The highest BCUT2D eigenvalue weighted by Crippen LogP contribution is 2.49. The van der Waals surface area contributed by atoms with Crippen molar-refractivity contribution in [1.29, 1.82) is 0 Å². The van der Waals surface area contributed by atoms with Crippen LogP contribution in [0.4, 0.5) is 0 Å². The lowest BCUT2D eigenvalue weighted by molar-refractivity contribution is 1.07. The number of fused-ring (bicyclic) bond motifs is 7. The highest BCUT2D eigenvalue weighted by atomic mass is 32.1. The summed E-state index contributed by atoms with van der Waals surface area (Å²) in [6.45, 7) is 0. The Balaban J connectivity index is 1.14. The second kappa shape index (κ2) is 13.2. The molecule has 11 aromatic rings. The van der Waals surface area contributed by atoms with Crippen LogP contribution in [0.25, 0.3) is 104 Å². The van der Waals surface area contributed by atoms with E-state index >= 15 is 0 Å². The van der Waals surface area contributed by atoms with E-state index < -0.39 is 0 Å². The van der Waals surface area contributed by atoms with E-state index in [-0.39, 0.29) is 0 Å². The molecule has 11 rings (SSSR count). The van der Waals surface area contributed by atoms with Gasteiger partial charge in [0.2, 0.25) is 0 Å². The summed E-state index contributed by atoms with van der Waals surface area (Å²) in [4.78, 5) is 20.2. The Labute approximate surface area is 326 Å². The van der Waals surface area contributed by atoms with Gasteiger partial charge in [-0.25, -0.2) is 19.9 Å². The van der Waals surface area contributed by atoms with Crippen LogP contribution in [-0.4, -0.2) is 24.5 Å². The van der Waals surface area contributed by atoms with Crippen molar-refractivity contribution in [1.82, 2.24) is 24.5 Å². The second-order valence-electron chi connectivity index (χ2n) is 13.8. The van der Waals surface area contributed by atoms with E-state index in [1.807, 2.05) is 72.0 Å². The predicted octanol–water partition coefficient (Wildman–Crippen LogP) is 13.1. The Kier molecular flexibility index (Phi) is 7.60. The largest absolute Gasteiger partial charge is 0.308 e.